The van der Waals surface area contributed by atoms with E-state index in [1.165, 1.54) is 31.5 Å². The van der Waals surface area contributed by atoms with Crippen LogP contribution < -0.4 is 11.2 Å². The number of carboxylic acid groups (broad SMARTS) is 1. The number of nitrogens with one attached hydrogen (secondary N) is 1. The number of aromatic carboxylic acids is 1. The maximum atomic E-state index is 10.3. The van der Waals surface area contributed by atoms with E-state index in [-0.39, 0.29) is 0 Å². The number of hydrogen-bond acceptors (Lipinski definition) is 4. The molecular formula is C21H32N2O3. The summed E-state index contributed by atoms with van der Waals surface area (Å²) >= 11 is 0. The molecule has 0 bridgehead atoms. The largest absolute Gasteiger partial charge is 0.478 e. The minimum atomic E-state index is -0.875. The SMILES string of the molecule is CC.Cc1ccc(C(=O)O)cc1.NO.c1ccc(C2CCNCC2)cc1. The van der Waals surface area contributed by atoms with Crippen molar-refractivity contribution in [2.75, 3.05) is 13.1 Å². The van der Waals surface area contributed by atoms with Gasteiger partial charge in [-0.25, -0.2) is 10.7 Å². The smallest absolute Gasteiger partial charge is 0.335 e. The summed E-state index contributed by atoms with van der Waals surface area (Å²) in [5.74, 6) is 3.42. The fraction of sp³-hybridized carbons (Fsp3) is 0.381. The standard InChI is InChI=1S/C11H15N.C8H8O2.C2H6.H3NO/c1-2-4-10(5-3-1)11-6-8-12-9-7-11;1-6-2-4-7(5-3-6)8(9)10;2*1-2/h1-5,11-12H,6-9H2;2-5H,1H3,(H,9,10);1-2H3;2H,1H2. The molecule has 3 rings (SSSR count). The van der Waals surface area contributed by atoms with E-state index >= 15 is 0 Å². The topological polar surface area (TPSA) is 95.6 Å². The lowest BCUT2D eigenvalue weighted by Gasteiger charge is -2.22. The molecule has 0 spiro atoms. The zero-order chi connectivity index (χ0) is 19.8. The summed E-state index contributed by atoms with van der Waals surface area (Å²) in [6.45, 7) is 8.28. The first-order valence-corrected chi connectivity index (χ1v) is 8.98. The van der Waals surface area contributed by atoms with Crippen LogP contribution in [0.2, 0.25) is 0 Å². The fourth-order valence-corrected chi connectivity index (χ4v) is 2.58. The number of aryl methyl sites for hydroxylation is 1. The average molecular weight is 360 g/mol. The average Bonchev–Trinajstić information content (AvgIpc) is 2.73. The molecule has 144 valence electrons. The summed E-state index contributed by atoms with van der Waals surface area (Å²) in [6.07, 6.45) is 2.59. The highest BCUT2D eigenvalue weighted by molar-refractivity contribution is 5.87. The predicted octanol–water partition coefficient (Wildman–Crippen LogP) is 4.21. The highest BCUT2D eigenvalue weighted by Gasteiger charge is 2.13. The molecular weight excluding hydrogens is 328 g/mol. The molecule has 2 aromatic carbocycles. The van der Waals surface area contributed by atoms with Crippen molar-refractivity contribution >= 4 is 5.97 Å². The van der Waals surface area contributed by atoms with Gasteiger partial charge in [0.25, 0.3) is 0 Å². The number of piperidine rings is 1. The van der Waals surface area contributed by atoms with E-state index < -0.39 is 5.97 Å². The highest BCUT2D eigenvalue weighted by Crippen LogP contribution is 2.24. The first-order valence-electron chi connectivity index (χ1n) is 8.98. The molecule has 1 saturated heterocycles. The van der Waals surface area contributed by atoms with Crippen molar-refractivity contribution < 1.29 is 15.1 Å². The van der Waals surface area contributed by atoms with Crippen molar-refractivity contribution in [2.24, 2.45) is 5.90 Å². The van der Waals surface area contributed by atoms with Crippen LogP contribution >= 0.6 is 0 Å². The minimum absolute atomic E-state index is 0.339. The summed E-state index contributed by atoms with van der Waals surface area (Å²) in [5.41, 5.74) is 2.93. The third-order valence-corrected chi connectivity index (χ3v) is 3.91. The van der Waals surface area contributed by atoms with Crippen LogP contribution in [0.5, 0.6) is 0 Å². The van der Waals surface area contributed by atoms with Gasteiger partial charge in [0, 0.05) is 0 Å². The van der Waals surface area contributed by atoms with Gasteiger partial charge in [-0.1, -0.05) is 61.9 Å². The molecule has 1 heterocycles. The lowest BCUT2D eigenvalue weighted by atomic mass is 9.90. The van der Waals surface area contributed by atoms with Crippen molar-refractivity contribution in [3.8, 4) is 0 Å². The van der Waals surface area contributed by atoms with Gasteiger partial charge in [-0.05, 0) is 56.5 Å². The second-order valence-corrected chi connectivity index (χ2v) is 5.61. The Kier molecular flexibility index (Phi) is 13.8. The Morgan fingerprint density at radius 1 is 0.962 bits per heavy atom. The Labute approximate surface area is 156 Å². The van der Waals surface area contributed by atoms with Gasteiger partial charge >= 0.3 is 5.97 Å². The summed E-state index contributed by atoms with van der Waals surface area (Å²) in [5, 5.41) is 18.4. The Hall–Kier alpha value is -2.21. The monoisotopic (exact) mass is 360 g/mol. The van der Waals surface area contributed by atoms with E-state index in [9.17, 15) is 4.79 Å². The van der Waals surface area contributed by atoms with Gasteiger partial charge in [-0.2, -0.15) is 0 Å². The normalized spacial score (nSPS) is 13.0. The second kappa shape index (κ2) is 15.1. The highest BCUT2D eigenvalue weighted by atomic mass is 16.4. The van der Waals surface area contributed by atoms with Gasteiger partial charge in [0.1, 0.15) is 0 Å². The van der Waals surface area contributed by atoms with E-state index in [4.69, 9.17) is 10.3 Å². The van der Waals surface area contributed by atoms with Gasteiger partial charge in [0.15, 0.2) is 0 Å². The Morgan fingerprint density at radius 2 is 1.46 bits per heavy atom. The third kappa shape index (κ3) is 9.32. The number of carboxylic acids is 1. The number of hydrogen-bond donors (Lipinski definition) is 4. The van der Waals surface area contributed by atoms with Crippen LogP contribution in [0, 0.1) is 6.92 Å². The number of carbonyl (C=O) groups is 1. The summed E-state index contributed by atoms with van der Waals surface area (Å²) in [4.78, 5) is 10.3. The van der Waals surface area contributed by atoms with E-state index in [1.54, 1.807) is 24.3 Å². The Balaban J connectivity index is 0.000000409. The summed E-state index contributed by atoms with van der Waals surface area (Å²) < 4.78 is 0. The van der Waals surface area contributed by atoms with Crippen molar-refractivity contribution in [1.82, 2.24) is 5.32 Å². The molecule has 26 heavy (non-hydrogen) atoms. The van der Waals surface area contributed by atoms with E-state index in [2.05, 4.69) is 41.5 Å². The van der Waals surface area contributed by atoms with Crippen LogP contribution in [0.25, 0.3) is 0 Å². The first kappa shape index (κ1) is 23.8. The third-order valence-electron chi connectivity index (χ3n) is 3.91. The summed E-state index contributed by atoms with van der Waals surface area (Å²) in [7, 11) is 0. The van der Waals surface area contributed by atoms with Gasteiger partial charge < -0.3 is 15.6 Å². The van der Waals surface area contributed by atoms with Crippen LogP contribution in [0.15, 0.2) is 54.6 Å². The molecule has 0 amide bonds. The molecule has 0 aliphatic carbocycles. The molecule has 0 unspecified atom stereocenters. The maximum Gasteiger partial charge on any atom is 0.335 e. The van der Waals surface area contributed by atoms with Crippen molar-refractivity contribution in [1.29, 1.82) is 0 Å². The molecule has 1 aliphatic heterocycles. The van der Waals surface area contributed by atoms with Crippen molar-refractivity contribution in [3.63, 3.8) is 0 Å². The van der Waals surface area contributed by atoms with Gasteiger partial charge in [0.2, 0.25) is 0 Å². The van der Waals surface area contributed by atoms with Gasteiger partial charge in [-0.15, -0.1) is 0 Å². The quantitative estimate of drug-likeness (QED) is 0.602. The van der Waals surface area contributed by atoms with Gasteiger partial charge in [0.05, 0.1) is 5.56 Å². The molecule has 5 heteroatoms. The zero-order valence-corrected chi connectivity index (χ0v) is 16.0. The van der Waals surface area contributed by atoms with Gasteiger partial charge in [-0.3, -0.25) is 0 Å². The molecule has 0 radical (unpaired) electrons. The summed E-state index contributed by atoms with van der Waals surface area (Å²) in [6, 6.07) is 17.6. The van der Waals surface area contributed by atoms with Crippen LogP contribution in [-0.4, -0.2) is 29.4 Å². The number of benzene rings is 2. The predicted molar refractivity (Wildman–Crippen MR) is 107 cm³/mol. The lowest BCUT2D eigenvalue weighted by Crippen LogP contribution is -2.26. The first-order chi connectivity index (χ1) is 12.7. The number of rotatable bonds is 2. The molecule has 1 aliphatic rings. The number of nitrogens with two attached hydrogens (primary N) is 1. The molecule has 5 N–H and O–H groups in total. The Morgan fingerprint density at radius 3 is 1.92 bits per heavy atom. The van der Waals surface area contributed by atoms with Crippen molar-refractivity contribution in [2.45, 2.75) is 39.5 Å². The van der Waals surface area contributed by atoms with E-state index in [0.717, 1.165) is 11.5 Å². The molecule has 0 atom stereocenters. The molecule has 1 fully saturated rings. The van der Waals surface area contributed by atoms with Crippen molar-refractivity contribution in [3.05, 3.63) is 71.3 Å². The van der Waals surface area contributed by atoms with Crippen LogP contribution in [-0.2, 0) is 0 Å². The minimum Gasteiger partial charge on any atom is -0.478 e. The van der Waals surface area contributed by atoms with E-state index in [1.807, 2.05) is 20.8 Å². The second-order valence-electron chi connectivity index (χ2n) is 5.61. The van der Waals surface area contributed by atoms with Crippen LogP contribution in [0.3, 0.4) is 0 Å². The molecule has 2 aromatic rings. The lowest BCUT2D eigenvalue weighted by molar-refractivity contribution is 0.0697. The zero-order valence-electron chi connectivity index (χ0n) is 16.0. The van der Waals surface area contributed by atoms with Crippen LogP contribution in [0.4, 0.5) is 0 Å². The van der Waals surface area contributed by atoms with E-state index in [0.29, 0.717) is 5.56 Å². The molecule has 0 aromatic heterocycles. The molecule has 0 saturated carbocycles. The Bertz CT molecular complexity index is 580. The van der Waals surface area contributed by atoms with Crippen LogP contribution in [0.1, 0.15) is 54.1 Å². The maximum absolute atomic E-state index is 10.3. The fourth-order valence-electron chi connectivity index (χ4n) is 2.58. The molecule has 5 nitrogen and oxygen atoms in total.